The Hall–Kier alpha value is -1.79. The molecule has 0 atom stereocenters. The highest BCUT2D eigenvalue weighted by Crippen LogP contribution is 2.27. The van der Waals surface area contributed by atoms with E-state index >= 15 is 0 Å². The molecule has 1 aromatic carbocycles. The van der Waals surface area contributed by atoms with E-state index in [-0.39, 0.29) is 16.4 Å². The van der Waals surface area contributed by atoms with Gasteiger partial charge in [0.15, 0.2) is 0 Å². The summed E-state index contributed by atoms with van der Waals surface area (Å²) in [5.41, 5.74) is 7.40. The molecule has 5 nitrogen and oxygen atoms in total. The van der Waals surface area contributed by atoms with Crippen molar-refractivity contribution in [2.75, 3.05) is 10.5 Å². The number of aryl methyl sites for hydroxylation is 2. The summed E-state index contributed by atoms with van der Waals surface area (Å²) in [6.45, 7) is 3.45. The number of nitrogens with two attached hydrogens (primary N) is 1. The first-order valence-electron chi connectivity index (χ1n) is 5.81. The number of nitrogens with one attached hydrogen (secondary N) is 1. The van der Waals surface area contributed by atoms with E-state index < -0.39 is 10.0 Å². The standard InChI is InChI=1S/C13H14ClN3O2S/c1-8-3-4-9(2)13(12(8)15)20(18,19)17-11-7-10(14)5-6-16-11/h3-7H,15H2,1-2H3,(H,16,17). The molecule has 3 N–H and O–H groups in total. The van der Waals surface area contributed by atoms with Gasteiger partial charge in [-0.2, -0.15) is 0 Å². The van der Waals surface area contributed by atoms with Gasteiger partial charge in [-0.15, -0.1) is 0 Å². The summed E-state index contributed by atoms with van der Waals surface area (Å²) in [5.74, 6) is 0.151. The Labute approximate surface area is 122 Å². The maximum absolute atomic E-state index is 12.4. The second-order valence-corrected chi connectivity index (χ2v) is 6.46. The van der Waals surface area contributed by atoms with E-state index in [4.69, 9.17) is 17.3 Å². The van der Waals surface area contributed by atoms with Crippen LogP contribution in [0.4, 0.5) is 11.5 Å². The molecule has 0 bridgehead atoms. The largest absolute Gasteiger partial charge is 0.397 e. The van der Waals surface area contributed by atoms with Crippen LogP contribution in [0, 0.1) is 13.8 Å². The van der Waals surface area contributed by atoms with Crippen LogP contribution in [0.3, 0.4) is 0 Å². The molecule has 0 saturated heterocycles. The van der Waals surface area contributed by atoms with Gasteiger partial charge in [0, 0.05) is 17.3 Å². The number of halogens is 1. The zero-order valence-electron chi connectivity index (χ0n) is 11.0. The van der Waals surface area contributed by atoms with E-state index in [1.807, 2.05) is 0 Å². The molecule has 0 unspecified atom stereocenters. The third-order valence-electron chi connectivity index (χ3n) is 2.84. The highest BCUT2D eigenvalue weighted by atomic mass is 35.5. The van der Waals surface area contributed by atoms with Gasteiger partial charge < -0.3 is 5.73 Å². The Morgan fingerprint density at radius 1 is 1.20 bits per heavy atom. The molecule has 2 rings (SSSR count). The average Bonchev–Trinajstić information content (AvgIpc) is 2.33. The van der Waals surface area contributed by atoms with E-state index in [2.05, 4.69) is 9.71 Å². The normalized spacial score (nSPS) is 11.3. The summed E-state index contributed by atoms with van der Waals surface area (Å²) in [7, 11) is -3.81. The molecule has 20 heavy (non-hydrogen) atoms. The van der Waals surface area contributed by atoms with Crippen molar-refractivity contribution in [3.05, 3.63) is 46.6 Å². The molecule has 1 heterocycles. The minimum Gasteiger partial charge on any atom is -0.397 e. The van der Waals surface area contributed by atoms with Crippen molar-refractivity contribution in [2.45, 2.75) is 18.7 Å². The highest BCUT2D eigenvalue weighted by molar-refractivity contribution is 7.93. The average molecular weight is 312 g/mol. The smallest absolute Gasteiger partial charge is 0.265 e. The Kier molecular flexibility index (Phi) is 3.87. The molecule has 0 aliphatic heterocycles. The van der Waals surface area contributed by atoms with Crippen molar-refractivity contribution in [1.82, 2.24) is 4.98 Å². The van der Waals surface area contributed by atoms with Gasteiger partial charge in [-0.05, 0) is 31.0 Å². The lowest BCUT2D eigenvalue weighted by atomic mass is 10.1. The van der Waals surface area contributed by atoms with Crippen LogP contribution in [-0.2, 0) is 10.0 Å². The van der Waals surface area contributed by atoms with Crippen LogP contribution in [0.5, 0.6) is 0 Å². The maximum atomic E-state index is 12.4. The monoisotopic (exact) mass is 311 g/mol. The first-order valence-corrected chi connectivity index (χ1v) is 7.67. The fourth-order valence-electron chi connectivity index (χ4n) is 1.81. The highest BCUT2D eigenvalue weighted by Gasteiger charge is 2.21. The van der Waals surface area contributed by atoms with Crippen molar-refractivity contribution in [2.24, 2.45) is 0 Å². The summed E-state index contributed by atoms with van der Waals surface area (Å²) >= 11 is 5.81. The van der Waals surface area contributed by atoms with Crippen molar-refractivity contribution >= 4 is 33.1 Å². The molecular formula is C13H14ClN3O2S. The first kappa shape index (κ1) is 14.6. The predicted molar refractivity (Wildman–Crippen MR) is 80.4 cm³/mol. The maximum Gasteiger partial charge on any atom is 0.265 e. The molecule has 106 valence electrons. The number of anilines is 2. The second kappa shape index (κ2) is 5.30. The van der Waals surface area contributed by atoms with E-state index in [0.717, 1.165) is 0 Å². The number of aromatic nitrogens is 1. The molecule has 0 radical (unpaired) electrons. The molecule has 1 aromatic heterocycles. The quantitative estimate of drug-likeness (QED) is 0.853. The third kappa shape index (κ3) is 2.86. The lowest BCUT2D eigenvalue weighted by Gasteiger charge is -2.13. The zero-order chi connectivity index (χ0) is 14.9. The number of pyridine rings is 1. The minimum atomic E-state index is -3.81. The van der Waals surface area contributed by atoms with Crippen LogP contribution in [0.25, 0.3) is 0 Å². The third-order valence-corrected chi connectivity index (χ3v) is 4.63. The number of rotatable bonds is 3. The lowest BCUT2D eigenvalue weighted by Crippen LogP contribution is -2.17. The molecule has 2 aromatic rings. The SMILES string of the molecule is Cc1ccc(C)c(S(=O)(=O)Nc2cc(Cl)ccn2)c1N. The van der Waals surface area contributed by atoms with Crippen molar-refractivity contribution in [1.29, 1.82) is 0 Å². The molecular weight excluding hydrogens is 298 g/mol. The minimum absolute atomic E-state index is 0.0688. The fraction of sp³-hybridized carbons (Fsp3) is 0.154. The molecule has 0 fully saturated rings. The summed E-state index contributed by atoms with van der Waals surface area (Å²) in [6.07, 6.45) is 1.42. The Morgan fingerprint density at radius 2 is 1.85 bits per heavy atom. The molecule has 0 amide bonds. The molecule has 7 heteroatoms. The number of nitrogens with zero attached hydrogens (tertiary/aromatic N) is 1. The van der Waals surface area contributed by atoms with Crippen LogP contribution >= 0.6 is 11.6 Å². The Balaban J connectivity index is 2.49. The van der Waals surface area contributed by atoms with E-state index in [0.29, 0.717) is 16.1 Å². The van der Waals surface area contributed by atoms with Crippen molar-refractivity contribution < 1.29 is 8.42 Å². The van der Waals surface area contributed by atoms with Gasteiger partial charge in [-0.1, -0.05) is 23.7 Å². The van der Waals surface area contributed by atoms with E-state index in [1.165, 1.54) is 12.3 Å². The van der Waals surface area contributed by atoms with Gasteiger partial charge in [0.05, 0.1) is 5.69 Å². The van der Waals surface area contributed by atoms with Crippen LogP contribution < -0.4 is 10.5 Å². The van der Waals surface area contributed by atoms with Crippen LogP contribution in [0.1, 0.15) is 11.1 Å². The fourth-order valence-corrected chi connectivity index (χ4v) is 3.40. The van der Waals surface area contributed by atoms with Gasteiger partial charge in [0.25, 0.3) is 10.0 Å². The van der Waals surface area contributed by atoms with Crippen LogP contribution in [-0.4, -0.2) is 13.4 Å². The number of hydrogen-bond acceptors (Lipinski definition) is 4. The van der Waals surface area contributed by atoms with Gasteiger partial charge in [0.2, 0.25) is 0 Å². The van der Waals surface area contributed by atoms with Crippen molar-refractivity contribution in [3.63, 3.8) is 0 Å². The summed E-state index contributed by atoms with van der Waals surface area (Å²) in [4.78, 5) is 3.99. The van der Waals surface area contributed by atoms with Crippen molar-refractivity contribution in [3.8, 4) is 0 Å². The van der Waals surface area contributed by atoms with Crippen LogP contribution in [0.15, 0.2) is 35.4 Å². The Morgan fingerprint density at radius 3 is 2.50 bits per heavy atom. The first-order chi connectivity index (χ1) is 9.31. The van der Waals surface area contributed by atoms with Gasteiger partial charge in [0.1, 0.15) is 10.7 Å². The number of hydrogen-bond donors (Lipinski definition) is 2. The summed E-state index contributed by atoms with van der Waals surface area (Å²) in [5, 5.41) is 0.395. The number of benzene rings is 1. The second-order valence-electron chi connectivity index (χ2n) is 4.41. The predicted octanol–water partition coefficient (Wildman–Crippen LogP) is 2.73. The zero-order valence-corrected chi connectivity index (χ0v) is 12.6. The molecule has 0 aliphatic rings. The number of nitrogen functional groups attached to an aromatic ring is 1. The molecule has 0 saturated carbocycles. The topological polar surface area (TPSA) is 85.1 Å². The van der Waals surface area contributed by atoms with E-state index in [1.54, 1.807) is 32.0 Å². The summed E-state index contributed by atoms with van der Waals surface area (Å²) in [6, 6.07) is 6.49. The molecule has 0 aliphatic carbocycles. The van der Waals surface area contributed by atoms with Crippen LogP contribution in [0.2, 0.25) is 5.02 Å². The van der Waals surface area contributed by atoms with Gasteiger partial charge in [-0.3, -0.25) is 4.72 Å². The number of sulfonamides is 1. The Bertz CT molecular complexity index is 760. The van der Waals surface area contributed by atoms with E-state index in [9.17, 15) is 8.42 Å². The molecule has 0 spiro atoms. The van der Waals surface area contributed by atoms with Gasteiger partial charge in [-0.25, -0.2) is 13.4 Å². The summed E-state index contributed by atoms with van der Waals surface area (Å²) < 4.78 is 27.2. The van der Waals surface area contributed by atoms with Gasteiger partial charge >= 0.3 is 0 Å². The lowest BCUT2D eigenvalue weighted by molar-refractivity contribution is 0.601.